The van der Waals surface area contributed by atoms with Gasteiger partial charge in [0.15, 0.2) is 6.10 Å². The van der Waals surface area contributed by atoms with E-state index in [4.69, 9.17) is 4.74 Å². The molecule has 0 saturated heterocycles. The van der Waals surface area contributed by atoms with Crippen molar-refractivity contribution in [3.63, 3.8) is 0 Å². The third kappa shape index (κ3) is 4.27. The summed E-state index contributed by atoms with van der Waals surface area (Å²) in [4.78, 5) is 13.3. The van der Waals surface area contributed by atoms with Crippen LogP contribution in [-0.4, -0.2) is 27.0 Å². The lowest BCUT2D eigenvalue weighted by Crippen LogP contribution is -2.51. The fourth-order valence-corrected chi connectivity index (χ4v) is 5.15. The Balaban J connectivity index is 1.63. The van der Waals surface area contributed by atoms with E-state index in [1.165, 1.54) is 4.31 Å². The van der Waals surface area contributed by atoms with Gasteiger partial charge < -0.3 is 10.1 Å². The molecule has 1 aliphatic heterocycles. The van der Waals surface area contributed by atoms with E-state index in [1.807, 2.05) is 37.3 Å². The van der Waals surface area contributed by atoms with Crippen molar-refractivity contribution >= 4 is 21.6 Å². The molecule has 1 aliphatic rings. The molecule has 1 amide bonds. The maximum atomic E-state index is 13.4. The van der Waals surface area contributed by atoms with Gasteiger partial charge in [-0.2, -0.15) is 0 Å². The molecule has 0 unspecified atom stereocenters. The summed E-state index contributed by atoms with van der Waals surface area (Å²) < 4.78 is 33.9. The maximum absolute atomic E-state index is 13.4. The van der Waals surface area contributed by atoms with Gasteiger partial charge >= 0.3 is 0 Å². The van der Waals surface area contributed by atoms with Crippen molar-refractivity contribution in [3.05, 3.63) is 90.5 Å². The minimum Gasteiger partial charge on any atom is -0.476 e. The zero-order chi connectivity index (χ0) is 21.8. The van der Waals surface area contributed by atoms with Crippen LogP contribution >= 0.6 is 0 Å². The number of hydrogen-bond acceptors (Lipinski definition) is 4. The number of ether oxygens (including phenoxy) is 1. The van der Waals surface area contributed by atoms with Gasteiger partial charge in [-0.3, -0.25) is 9.10 Å². The number of fused-ring (bicyclic) bond motifs is 1. The Labute approximate surface area is 182 Å². The highest BCUT2D eigenvalue weighted by atomic mass is 32.2. The van der Waals surface area contributed by atoms with Gasteiger partial charge in [-0.1, -0.05) is 67.6 Å². The summed E-state index contributed by atoms with van der Waals surface area (Å²) in [6, 6.07) is 24.6. The fourth-order valence-electron chi connectivity index (χ4n) is 3.66. The summed E-state index contributed by atoms with van der Waals surface area (Å²) in [5, 5.41) is 3.01. The van der Waals surface area contributed by atoms with Crippen LogP contribution in [0.3, 0.4) is 0 Å². The van der Waals surface area contributed by atoms with E-state index >= 15 is 0 Å². The number of nitrogens with zero attached hydrogens (tertiary/aromatic N) is 1. The lowest BCUT2D eigenvalue weighted by molar-refractivity contribution is -0.128. The second-order valence-electron chi connectivity index (χ2n) is 7.30. The van der Waals surface area contributed by atoms with Gasteiger partial charge in [0, 0.05) is 0 Å². The molecule has 7 heteroatoms. The maximum Gasteiger partial charge on any atom is 0.264 e. The van der Waals surface area contributed by atoms with Gasteiger partial charge in [-0.15, -0.1) is 0 Å². The molecule has 0 fully saturated rings. The summed E-state index contributed by atoms with van der Waals surface area (Å²) in [7, 11) is -3.85. The Bertz CT molecular complexity index is 1150. The van der Waals surface area contributed by atoms with Crippen LogP contribution in [0.2, 0.25) is 0 Å². The second kappa shape index (κ2) is 8.81. The van der Waals surface area contributed by atoms with Crippen molar-refractivity contribution in [2.75, 3.05) is 10.8 Å². The van der Waals surface area contributed by atoms with Gasteiger partial charge in [-0.25, -0.2) is 8.42 Å². The first-order valence-corrected chi connectivity index (χ1v) is 11.6. The molecule has 1 N–H and O–H groups in total. The van der Waals surface area contributed by atoms with Gasteiger partial charge in [0.1, 0.15) is 5.75 Å². The van der Waals surface area contributed by atoms with Gasteiger partial charge in [-0.05, 0) is 36.2 Å². The van der Waals surface area contributed by atoms with Crippen LogP contribution < -0.4 is 14.4 Å². The van der Waals surface area contributed by atoms with Crippen molar-refractivity contribution in [1.82, 2.24) is 5.32 Å². The van der Waals surface area contributed by atoms with Crippen LogP contribution in [0.4, 0.5) is 5.69 Å². The standard InChI is InChI=1S/C24H24N2O4S/c1-2-20(18-11-5-3-6-12-18)25-24(27)23-17-26(21-15-9-10-16-22(21)30-23)31(28,29)19-13-7-4-8-14-19/h3-16,20,23H,2,17H2,1H3,(H,25,27)/t20-,23-/m0/s1. The lowest BCUT2D eigenvalue weighted by atomic mass is 10.0. The number of rotatable bonds is 6. The molecule has 3 aromatic carbocycles. The van der Waals surface area contributed by atoms with Crippen molar-refractivity contribution < 1.29 is 17.9 Å². The van der Waals surface area contributed by atoms with Crippen molar-refractivity contribution in [2.24, 2.45) is 0 Å². The van der Waals surface area contributed by atoms with Crippen LogP contribution in [0.5, 0.6) is 5.75 Å². The summed E-state index contributed by atoms with van der Waals surface area (Å²) in [6.07, 6.45) is -0.267. The number of amides is 1. The van der Waals surface area contributed by atoms with E-state index in [-0.39, 0.29) is 23.4 Å². The highest BCUT2D eigenvalue weighted by Crippen LogP contribution is 2.36. The first-order chi connectivity index (χ1) is 15.0. The van der Waals surface area contributed by atoms with Gasteiger partial charge in [0.25, 0.3) is 15.9 Å². The third-order valence-electron chi connectivity index (χ3n) is 5.29. The first-order valence-electron chi connectivity index (χ1n) is 10.2. The smallest absolute Gasteiger partial charge is 0.264 e. The zero-order valence-corrected chi connectivity index (χ0v) is 18.0. The second-order valence-corrected chi connectivity index (χ2v) is 9.17. The van der Waals surface area contributed by atoms with Crippen LogP contribution in [0.15, 0.2) is 89.8 Å². The number of anilines is 1. The molecule has 3 aromatic rings. The average molecular weight is 437 g/mol. The molecular weight excluding hydrogens is 412 g/mol. The molecule has 2 atom stereocenters. The van der Waals surface area contributed by atoms with E-state index in [1.54, 1.807) is 54.6 Å². The highest BCUT2D eigenvalue weighted by Gasteiger charge is 2.37. The number of para-hydroxylation sites is 2. The number of carbonyl (C=O) groups excluding carboxylic acids is 1. The predicted octanol–water partition coefficient (Wildman–Crippen LogP) is 3.91. The summed E-state index contributed by atoms with van der Waals surface area (Å²) >= 11 is 0. The zero-order valence-electron chi connectivity index (χ0n) is 17.1. The van der Waals surface area contributed by atoms with Crippen molar-refractivity contribution in [2.45, 2.75) is 30.4 Å². The van der Waals surface area contributed by atoms with Crippen LogP contribution in [0, 0.1) is 0 Å². The quantitative estimate of drug-likeness (QED) is 0.636. The van der Waals surface area contributed by atoms with E-state index in [0.29, 0.717) is 17.9 Å². The van der Waals surface area contributed by atoms with E-state index < -0.39 is 16.1 Å². The molecule has 0 radical (unpaired) electrons. The van der Waals surface area contributed by atoms with Crippen molar-refractivity contribution in [1.29, 1.82) is 0 Å². The monoisotopic (exact) mass is 436 g/mol. The Morgan fingerprint density at radius 2 is 1.61 bits per heavy atom. The molecule has 0 aliphatic carbocycles. The van der Waals surface area contributed by atoms with E-state index in [2.05, 4.69) is 5.32 Å². The molecule has 0 spiro atoms. The predicted molar refractivity (Wildman–Crippen MR) is 119 cm³/mol. The van der Waals surface area contributed by atoms with Crippen LogP contribution in [-0.2, 0) is 14.8 Å². The largest absolute Gasteiger partial charge is 0.476 e. The van der Waals surface area contributed by atoms with E-state index in [9.17, 15) is 13.2 Å². The molecule has 160 valence electrons. The molecular formula is C24H24N2O4S. The average Bonchev–Trinajstić information content (AvgIpc) is 2.82. The number of hydrogen-bond donors (Lipinski definition) is 1. The number of nitrogens with one attached hydrogen (secondary N) is 1. The Hall–Kier alpha value is -3.32. The summed E-state index contributed by atoms with van der Waals surface area (Å²) in [6.45, 7) is 1.88. The highest BCUT2D eigenvalue weighted by molar-refractivity contribution is 7.92. The lowest BCUT2D eigenvalue weighted by Gasteiger charge is -2.35. The van der Waals surface area contributed by atoms with Gasteiger partial charge in [0.2, 0.25) is 0 Å². The third-order valence-corrected chi connectivity index (χ3v) is 7.08. The van der Waals surface area contributed by atoms with Crippen molar-refractivity contribution in [3.8, 4) is 5.75 Å². The Kier molecular flexibility index (Phi) is 5.95. The SMILES string of the molecule is CC[C@H](NC(=O)[C@@H]1CN(S(=O)(=O)c2ccccc2)c2ccccc2O1)c1ccccc1. The summed E-state index contributed by atoms with van der Waals surface area (Å²) in [5.74, 6) is 0.0135. The minimum absolute atomic E-state index is 0.106. The molecule has 0 saturated carbocycles. The molecule has 31 heavy (non-hydrogen) atoms. The fraction of sp³-hybridized carbons (Fsp3) is 0.208. The Morgan fingerprint density at radius 3 is 2.29 bits per heavy atom. The van der Waals surface area contributed by atoms with Crippen LogP contribution in [0.1, 0.15) is 24.9 Å². The number of benzene rings is 3. The minimum atomic E-state index is -3.85. The normalized spacial score (nSPS) is 16.7. The molecule has 0 bridgehead atoms. The number of sulfonamides is 1. The van der Waals surface area contributed by atoms with Crippen LogP contribution in [0.25, 0.3) is 0 Å². The van der Waals surface area contributed by atoms with E-state index in [0.717, 1.165) is 5.56 Å². The molecule has 6 nitrogen and oxygen atoms in total. The molecule has 4 rings (SSSR count). The topological polar surface area (TPSA) is 75.7 Å². The van der Waals surface area contributed by atoms with Gasteiger partial charge in [0.05, 0.1) is 23.2 Å². The summed E-state index contributed by atoms with van der Waals surface area (Å²) in [5.41, 5.74) is 1.41. The molecule has 1 heterocycles. The molecule has 0 aromatic heterocycles. The Morgan fingerprint density at radius 1 is 1.00 bits per heavy atom. The number of carbonyl (C=O) groups is 1. The first kappa shape index (κ1) is 20.9.